The number of hydrogen-bond donors (Lipinski definition) is 2. The Morgan fingerprint density at radius 3 is 2.22 bits per heavy atom. The number of rotatable bonds is 5. The Morgan fingerprint density at radius 1 is 0.957 bits per heavy atom. The summed E-state index contributed by atoms with van der Waals surface area (Å²) in [6, 6.07) is 13.6. The van der Waals surface area contributed by atoms with Gasteiger partial charge in [-0.15, -0.1) is 0 Å². The molecule has 2 rings (SSSR count). The molecule has 0 saturated carbocycles. The molecule has 0 fully saturated rings. The quantitative estimate of drug-likeness (QED) is 0.833. The third-order valence-electron chi connectivity index (χ3n) is 4.11. The average Bonchev–Trinajstić information content (AvgIpc) is 2.54. The molecule has 0 saturated heterocycles. The molecule has 0 aliphatic heterocycles. The van der Waals surface area contributed by atoms with E-state index in [4.69, 9.17) is 0 Å². The van der Waals surface area contributed by atoms with Crippen LogP contribution in [0.1, 0.15) is 25.0 Å². The maximum atomic E-state index is 12.1. The van der Waals surface area contributed by atoms with Gasteiger partial charge in [0, 0.05) is 30.2 Å². The maximum absolute atomic E-state index is 12.1. The third-order valence-corrected chi connectivity index (χ3v) is 4.11. The number of amides is 2. The Labute approximate surface area is 138 Å². The number of aryl methyl sites for hydroxylation is 1. The van der Waals surface area contributed by atoms with Crippen LogP contribution >= 0.6 is 0 Å². The van der Waals surface area contributed by atoms with E-state index in [9.17, 15) is 4.79 Å². The standard InChI is InChI=1S/C19H25N3O/c1-5-22(6-2)17-12-10-16(11-13-17)20-19(23)21-18-9-7-8-14(3)15(18)4/h7-13H,5-6H2,1-4H3,(H2,20,21,23). The third kappa shape index (κ3) is 4.25. The van der Waals surface area contributed by atoms with Crippen molar-refractivity contribution in [2.45, 2.75) is 27.7 Å². The molecule has 0 aromatic heterocycles. The van der Waals surface area contributed by atoms with Crippen LogP contribution in [-0.2, 0) is 0 Å². The van der Waals surface area contributed by atoms with Crippen LogP contribution in [0.15, 0.2) is 42.5 Å². The molecule has 0 bridgehead atoms. The summed E-state index contributed by atoms with van der Waals surface area (Å²) in [7, 11) is 0. The van der Waals surface area contributed by atoms with Crippen molar-refractivity contribution in [3.63, 3.8) is 0 Å². The Morgan fingerprint density at radius 2 is 1.61 bits per heavy atom. The number of nitrogens with one attached hydrogen (secondary N) is 2. The molecule has 0 unspecified atom stereocenters. The number of carbonyl (C=O) groups is 1. The minimum Gasteiger partial charge on any atom is -0.372 e. The molecule has 0 spiro atoms. The van der Waals surface area contributed by atoms with E-state index in [-0.39, 0.29) is 6.03 Å². The van der Waals surface area contributed by atoms with Gasteiger partial charge in [0.05, 0.1) is 0 Å². The smallest absolute Gasteiger partial charge is 0.323 e. The molecule has 122 valence electrons. The van der Waals surface area contributed by atoms with Crippen LogP contribution in [0.2, 0.25) is 0 Å². The lowest BCUT2D eigenvalue weighted by molar-refractivity contribution is 0.262. The Hall–Kier alpha value is -2.49. The maximum Gasteiger partial charge on any atom is 0.323 e. The fourth-order valence-electron chi connectivity index (χ4n) is 2.52. The molecular formula is C19H25N3O. The van der Waals surface area contributed by atoms with Crippen LogP contribution in [0.3, 0.4) is 0 Å². The molecule has 0 atom stereocenters. The van der Waals surface area contributed by atoms with E-state index in [0.29, 0.717) is 0 Å². The molecule has 4 nitrogen and oxygen atoms in total. The average molecular weight is 311 g/mol. The first kappa shape index (κ1) is 16.9. The summed E-state index contributed by atoms with van der Waals surface area (Å²) in [5.41, 5.74) is 5.02. The molecule has 0 radical (unpaired) electrons. The highest BCUT2D eigenvalue weighted by Gasteiger charge is 2.07. The highest BCUT2D eigenvalue weighted by Crippen LogP contribution is 2.20. The molecule has 23 heavy (non-hydrogen) atoms. The van der Waals surface area contributed by atoms with Crippen LogP contribution < -0.4 is 15.5 Å². The zero-order valence-corrected chi connectivity index (χ0v) is 14.3. The molecule has 2 amide bonds. The molecule has 2 N–H and O–H groups in total. The van der Waals surface area contributed by atoms with Gasteiger partial charge in [0.2, 0.25) is 0 Å². The monoisotopic (exact) mass is 311 g/mol. The largest absolute Gasteiger partial charge is 0.372 e. The fourth-order valence-corrected chi connectivity index (χ4v) is 2.52. The van der Waals surface area contributed by atoms with Gasteiger partial charge >= 0.3 is 6.03 Å². The first-order valence-electron chi connectivity index (χ1n) is 8.04. The molecule has 0 heterocycles. The van der Waals surface area contributed by atoms with E-state index < -0.39 is 0 Å². The van der Waals surface area contributed by atoms with Gasteiger partial charge in [-0.05, 0) is 69.2 Å². The van der Waals surface area contributed by atoms with Crippen molar-refractivity contribution in [3.05, 3.63) is 53.6 Å². The number of urea groups is 1. The lowest BCUT2D eigenvalue weighted by Gasteiger charge is -2.21. The van der Waals surface area contributed by atoms with Crippen LogP contribution in [-0.4, -0.2) is 19.1 Å². The summed E-state index contributed by atoms with van der Waals surface area (Å²) in [6.07, 6.45) is 0. The van der Waals surface area contributed by atoms with Crippen molar-refractivity contribution in [2.24, 2.45) is 0 Å². The summed E-state index contributed by atoms with van der Waals surface area (Å²) in [5, 5.41) is 5.77. The van der Waals surface area contributed by atoms with Crippen LogP contribution in [0.25, 0.3) is 0 Å². The van der Waals surface area contributed by atoms with Gasteiger partial charge < -0.3 is 15.5 Å². The lowest BCUT2D eigenvalue weighted by Crippen LogP contribution is -2.22. The second kappa shape index (κ2) is 7.68. The van der Waals surface area contributed by atoms with Crippen LogP contribution in [0.4, 0.5) is 21.9 Å². The van der Waals surface area contributed by atoms with Crippen molar-refractivity contribution in [2.75, 3.05) is 28.6 Å². The van der Waals surface area contributed by atoms with Crippen LogP contribution in [0, 0.1) is 13.8 Å². The SMILES string of the molecule is CCN(CC)c1ccc(NC(=O)Nc2cccc(C)c2C)cc1. The van der Waals surface area contributed by atoms with E-state index in [2.05, 4.69) is 29.4 Å². The van der Waals surface area contributed by atoms with Crippen molar-refractivity contribution >= 4 is 23.1 Å². The molecule has 4 heteroatoms. The van der Waals surface area contributed by atoms with E-state index in [0.717, 1.165) is 41.3 Å². The van der Waals surface area contributed by atoms with Gasteiger partial charge in [-0.25, -0.2) is 4.79 Å². The molecule has 2 aromatic carbocycles. The van der Waals surface area contributed by atoms with E-state index in [1.165, 1.54) is 0 Å². The highest BCUT2D eigenvalue weighted by atomic mass is 16.2. The number of benzene rings is 2. The number of carbonyl (C=O) groups excluding carboxylic acids is 1. The first-order chi connectivity index (χ1) is 11.0. The second-order valence-electron chi connectivity index (χ2n) is 5.55. The lowest BCUT2D eigenvalue weighted by atomic mass is 10.1. The van der Waals surface area contributed by atoms with Gasteiger partial charge in [0.15, 0.2) is 0 Å². The fraction of sp³-hybridized carbons (Fsp3) is 0.316. The van der Waals surface area contributed by atoms with Gasteiger partial charge in [-0.3, -0.25) is 0 Å². The van der Waals surface area contributed by atoms with Gasteiger partial charge in [-0.1, -0.05) is 12.1 Å². The van der Waals surface area contributed by atoms with Crippen molar-refractivity contribution in [1.29, 1.82) is 0 Å². The molecule has 0 aliphatic rings. The predicted octanol–water partition coefficient (Wildman–Crippen LogP) is 4.79. The summed E-state index contributed by atoms with van der Waals surface area (Å²) in [4.78, 5) is 14.4. The number of hydrogen-bond acceptors (Lipinski definition) is 2. The summed E-state index contributed by atoms with van der Waals surface area (Å²) in [5.74, 6) is 0. The molecule has 0 aliphatic carbocycles. The van der Waals surface area contributed by atoms with Gasteiger partial charge in [-0.2, -0.15) is 0 Å². The summed E-state index contributed by atoms with van der Waals surface area (Å²) in [6.45, 7) is 10.2. The van der Waals surface area contributed by atoms with Gasteiger partial charge in [0.25, 0.3) is 0 Å². The Kier molecular flexibility index (Phi) is 5.63. The predicted molar refractivity (Wildman–Crippen MR) is 98.6 cm³/mol. The number of nitrogens with zero attached hydrogens (tertiary/aromatic N) is 1. The van der Waals surface area contributed by atoms with E-state index in [1.54, 1.807) is 0 Å². The van der Waals surface area contributed by atoms with Crippen molar-refractivity contribution < 1.29 is 4.79 Å². The van der Waals surface area contributed by atoms with Gasteiger partial charge in [0.1, 0.15) is 0 Å². The minimum atomic E-state index is -0.228. The first-order valence-corrected chi connectivity index (χ1v) is 8.04. The summed E-state index contributed by atoms with van der Waals surface area (Å²) >= 11 is 0. The van der Waals surface area contributed by atoms with Crippen molar-refractivity contribution in [3.8, 4) is 0 Å². The molecular weight excluding hydrogens is 286 g/mol. The topological polar surface area (TPSA) is 44.4 Å². The normalized spacial score (nSPS) is 10.3. The van der Waals surface area contributed by atoms with Crippen LogP contribution in [0.5, 0.6) is 0 Å². The Bertz CT molecular complexity index is 661. The zero-order chi connectivity index (χ0) is 16.8. The molecule has 2 aromatic rings. The summed E-state index contributed by atoms with van der Waals surface area (Å²) < 4.78 is 0. The van der Waals surface area contributed by atoms with E-state index >= 15 is 0 Å². The zero-order valence-electron chi connectivity index (χ0n) is 14.3. The Balaban J connectivity index is 2.01. The second-order valence-corrected chi connectivity index (χ2v) is 5.55. The number of anilines is 3. The highest BCUT2D eigenvalue weighted by molar-refractivity contribution is 6.00. The minimum absolute atomic E-state index is 0.228. The van der Waals surface area contributed by atoms with E-state index in [1.807, 2.05) is 56.3 Å². The van der Waals surface area contributed by atoms with Crippen molar-refractivity contribution in [1.82, 2.24) is 0 Å².